The molecular weight excluding hydrogens is 270 g/mol. The molecule has 16 heavy (non-hydrogen) atoms. The summed E-state index contributed by atoms with van der Waals surface area (Å²) in [5.74, 6) is -0.749. The Morgan fingerprint density at radius 1 is 1.19 bits per heavy atom. The maximum atomic E-state index is 12.9. The third kappa shape index (κ3) is 2.26. The molecule has 2 aromatic rings. The van der Waals surface area contributed by atoms with Crippen LogP contribution in [0.15, 0.2) is 30.3 Å². The summed E-state index contributed by atoms with van der Waals surface area (Å²) >= 11 is 12.5. The molecule has 5 heteroatoms. The van der Waals surface area contributed by atoms with E-state index in [2.05, 4.69) is 0 Å². The van der Waals surface area contributed by atoms with Gasteiger partial charge in [0.05, 0.1) is 14.2 Å². The monoisotopic (exact) mass is 274 g/mol. The van der Waals surface area contributed by atoms with Gasteiger partial charge >= 0.3 is 0 Å². The molecule has 1 nitrogen and oxygen atoms in total. The van der Waals surface area contributed by atoms with Crippen LogP contribution in [-0.4, -0.2) is 5.78 Å². The zero-order chi connectivity index (χ0) is 11.7. The molecule has 0 aliphatic carbocycles. The second-order valence-corrected chi connectivity index (χ2v) is 5.18. The molecular formula is C11H5Cl2FOS. The fraction of sp³-hybridized carbons (Fsp3) is 0. The summed E-state index contributed by atoms with van der Waals surface area (Å²) in [6.07, 6.45) is 0. The van der Waals surface area contributed by atoms with Gasteiger partial charge in [0.2, 0.25) is 5.78 Å². The van der Waals surface area contributed by atoms with Crippen molar-refractivity contribution in [1.29, 1.82) is 0 Å². The number of carbonyl (C=O) groups excluding carboxylic acids is 1. The number of ketones is 1. The highest BCUT2D eigenvalue weighted by molar-refractivity contribution is 7.18. The number of halogens is 3. The SMILES string of the molecule is O=C(c1ccc(F)c(Cl)c1)c1ccc(Cl)s1. The largest absolute Gasteiger partial charge is 0.288 e. The lowest BCUT2D eigenvalue weighted by atomic mass is 10.1. The smallest absolute Gasteiger partial charge is 0.203 e. The molecule has 1 aromatic carbocycles. The van der Waals surface area contributed by atoms with Gasteiger partial charge in [-0.05, 0) is 30.3 Å². The van der Waals surface area contributed by atoms with Gasteiger partial charge in [-0.1, -0.05) is 23.2 Å². The molecule has 0 N–H and O–H groups in total. The molecule has 0 atom stereocenters. The number of hydrogen-bond donors (Lipinski definition) is 0. The Labute approximate surface area is 105 Å². The Balaban J connectivity index is 2.38. The first-order chi connectivity index (χ1) is 7.58. The van der Waals surface area contributed by atoms with Crippen LogP contribution in [0.25, 0.3) is 0 Å². The minimum Gasteiger partial charge on any atom is -0.288 e. The summed E-state index contributed by atoms with van der Waals surface area (Å²) < 4.78 is 13.4. The molecule has 2 rings (SSSR count). The predicted molar refractivity (Wildman–Crippen MR) is 64.2 cm³/mol. The highest BCUT2D eigenvalue weighted by Gasteiger charge is 2.13. The number of carbonyl (C=O) groups is 1. The zero-order valence-electron chi connectivity index (χ0n) is 7.84. The molecule has 0 amide bonds. The highest BCUT2D eigenvalue weighted by Crippen LogP contribution is 2.25. The lowest BCUT2D eigenvalue weighted by molar-refractivity contribution is 0.104. The van der Waals surface area contributed by atoms with E-state index in [1.165, 1.54) is 29.5 Å². The molecule has 0 unspecified atom stereocenters. The fourth-order valence-corrected chi connectivity index (χ4v) is 2.40. The van der Waals surface area contributed by atoms with Crippen LogP contribution in [0.1, 0.15) is 15.2 Å². The topological polar surface area (TPSA) is 17.1 Å². The molecule has 0 aliphatic rings. The molecule has 1 heterocycles. The van der Waals surface area contributed by atoms with Crippen LogP contribution in [0.2, 0.25) is 9.36 Å². The maximum Gasteiger partial charge on any atom is 0.203 e. The molecule has 0 saturated carbocycles. The van der Waals surface area contributed by atoms with Gasteiger partial charge in [0.15, 0.2) is 0 Å². The van der Waals surface area contributed by atoms with Crippen LogP contribution in [0, 0.1) is 5.82 Å². The molecule has 82 valence electrons. The Hall–Kier alpha value is -0.900. The standard InChI is InChI=1S/C11H5Cl2FOS/c12-7-5-6(1-2-8(7)14)11(15)9-3-4-10(13)16-9/h1-5H. The van der Waals surface area contributed by atoms with Gasteiger partial charge in [0.1, 0.15) is 5.82 Å². The van der Waals surface area contributed by atoms with E-state index in [4.69, 9.17) is 23.2 Å². The van der Waals surface area contributed by atoms with Crippen molar-refractivity contribution in [2.45, 2.75) is 0 Å². The quantitative estimate of drug-likeness (QED) is 0.741. The lowest BCUT2D eigenvalue weighted by Gasteiger charge is -1.99. The molecule has 0 bridgehead atoms. The zero-order valence-corrected chi connectivity index (χ0v) is 10.2. The molecule has 0 fully saturated rings. The number of hydrogen-bond acceptors (Lipinski definition) is 2. The van der Waals surface area contributed by atoms with Crippen molar-refractivity contribution in [3.8, 4) is 0 Å². The predicted octanol–water partition coefficient (Wildman–Crippen LogP) is 4.43. The van der Waals surface area contributed by atoms with Crippen molar-refractivity contribution in [3.05, 3.63) is 55.9 Å². The molecule has 1 aromatic heterocycles. The van der Waals surface area contributed by atoms with Gasteiger partial charge in [-0.15, -0.1) is 11.3 Å². The van der Waals surface area contributed by atoms with E-state index in [9.17, 15) is 9.18 Å². The van der Waals surface area contributed by atoms with Crippen molar-refractivity contribution in [1.82, 2.24) is 0 Å². The summed E-state index contributed by atoms with van der Waals surface area (Å²) in [6, 6.07) is 7.16. The van der Waals surface area contributed by atoms with Gasteiger partial charge in [-0.3, -0.25) is 4.79 Å². The molecule has 0 spiro atoms. The number of thiophene rings is 1. The molecule has 0 aliphatic heterocycles. The summed E-state index contributed by atoms with van der Waals surface area (Å²) in [5.41, 5.74) is 0.352. The summed E-state index contributed by atoms with van der Waals surface area (Å²) in [5, 5.41) is -0.0616. The van der Waals surface area contributed by atoms with Crippen molar-refractivity contribution in [2.24, 2.45) is 0 Å². The van der Waals surface area contributed by atoms with Crippen molar-refractivity contribution in [3.63, 3.8) is 0 Å². The molecule has 0 radical (unpaired) electrons. The van der Waals surface area contributed by atoms with Gasteiger partial charge in [0.25, 0.3) is 0 Å². The van der Waals surface area contributed by atoms with Gasteiger partial charge in [-0.25, -0.2) is 4.39 Å². The number of rotatable bonds is 2. The average molecular weight is 275 g/mol. The van der Waals surface area contributed by atoms with Crippen molar-refractivity contribution in [2.75, 3.05) is 0 Å². The second-order valence-electron chi connectivity index (χ2n) is 3.06. The van der Waals surface area contributed by atoms with E-state index in [1.807, 2.05) is 0 Å². The van der Waals surface area contributed by atoms with E-state index in [0.29, 0.717) is 14.8 Å². The Kier molecular flexibility index (Phi) is 3.28. The van der Waals surface area contributed by atoms with E-state index in [0.717, 1.165) is 0 Å². The van der Waals surface area contributed by atoms with Crippen molar-refractivity contribution >= 4 is 40.3 Å². The van der Waals surface area contributed by atoms with Gasteiger partial charge < -0.3 is 0 Å². The molecule has 0 saturated heterocycles. The maximum absolute atomic E-state index is 12.9. The fourth-order valence-electron chi connectivity index (χ4n) is 1.22. The third-order valence-corrected chi connectivity index (χ3v) is 3.50. The summed E-state index contributed by atoms with van der Waals surface area (Å²) in [7, 11) is 0. The van der Waals surface area contributed by atoms with Gasteiger partial charge in [-0.2, -0.15) is 0 Å². The highest BCUT2D eigenvalue weighted by atomic mass is 35.5. The minimum atomic E-state index is -0.539. The first-order valence-corrected chi connectivity index (χ1v) is 5.90. The first-order valence-electron chi connectivity index (χ1n) is 4.33. The van der Waals surface area contributed by atoms with Crippen LogP contribution in [0.3, 0.4) is 0 Å². The summed E-state index contributed by atoms with van der Waals surface area (Å²) in [6.45, 7) is 0. The average Bonchev–Trinajstić information content (AvgIpc) is 2.68. The minimum absolute atomic E-state index is 0.0616. The Morgan fingerprint density at radius 2 is 1.94 bits per heavy atom. The Bertz CT molecular complexity index is 551. The lowest BCUT2D eigenvalue weighted by Crippen LogP contribution is -1.98. The summed E-state index contributed by atoms with van der Waals surface area (Å²) in [4.78, 5) is 12.4. The third-order valence-electron chi connectivity index (χ3n) is 1.98. The van der Waals surface area contributed by atoms with E-state index in [1.54, 1.807) is 12.1 Å². The van der Waals surface area contributed by atoms with Crippen LogP contribution in [0.5, 0.6) is 0 Å². The van der Waals surface area contributed by atoms with Gasteiger partial charge in [0, 0.05) is 5.56 Å². The van der Waals surface area contributed by atoms with Crippen molar-refractivity contribution < 1.29 is 9.18 Å². The van der Waals surface area contributed by atoms with E-state index < -0.39 is 5.82 Å². The van der Waals surface area contributed by atoms with E-state index in [-0.39, 0.29) is 10.8 Å². The Morgan fingerprint density at radius 3 is 2.50 bits per heavy atom. The van der Waals surface area contributed by atoms with Crippen LogP contribution >= 0.6 is 34.5 Å². The van der Waals surface area contributed by atoms with E-state index >= 15 is 0 Å². The van der Waals surface area contributed by atoms with Crippen LogP contribution in [-0.2, 0) is 0 Å². The number of benzene rings is 1. The normalized spacial score (nSPS) is 10.4. The van der Waals surface area contributed by atoms with Crippen LogP contribution in [0.4, 0.5) is 4.39 Å². The first kappa shape index (κ1) is 11.6. The second kappa shape index (κ2) is 4.53. The van der Waals surface area contributed by atoms with Crippen LogP contribution < -0.4 is 0 Å².